The van der Waals surface area contributed by atoms with E-state index in [-0.39, 0.29) is 18.8 Å². The van der Waals surface area contributed by atoms with Gasteiger partial charge in [0.1, 0.15) is 18.3 Å². The molecule has 3 N–H and O–H groups in total. The van der Waals surface area contributed by atoms with Crippen molar-refractivity contribution in [2.75, 3.05) is 6.54 Å². The summed E-state index contributed by atoms with van der Waals surface area (Å²) < 4.78 is 18.6. The van der Waals surface area contributed by atoms with E-state index in [2.05, 4.69) is 4.98 Å². The smallest absolute Gasteiger partial charge is 0.330 e. The first kappa shape index (κ1) is 13.5. The zero-order valence-corrected chi connectivity index (χ0v) is 11.2. The Morgan fingerprint density at radius 3 is 2.70 bits per heavy atom. The second-order valence-corrected chi connectivity index (χ2v) is 5.38. The summed E-state index contributed by atoms with van der Waals surface area (Å²) in [5.74, 6) is -0.753. The van der Waals surface area contributed by atoms with Crippen molar-refractivity contribution in [1.29, 1.82) is 0 Å². The molecule has 2 aliphatic heterocycles. The highest BCUT2D eigenvalue weighted by molar-refractivity contribution is 4.98. The Bertz CT molecular complexity index is 622. The quantitative estimate of drug-likeness (QED) is 0.714. The van der Waals surface area contributed by atoms with Crippen LogP contribution in [0.1, 0.15) is 20.1 Å². The summed E-state index contributed by atoms with van der Waals surface area (Å²) in [6.45, 7) is 3.85. The number of hydrogen-bond acceptors (Lipinski definition) is 6. The van der Waals surface area contributed by atoms with Gasteiger partial charge in [-0.2, -0.15) is 0 Å². The number of aromatic amines is 1. The molecule has 8 heteroatoms. The number of H-pyrrole nitrogens is 1. The number of rotatable bonds is 2. The van der Waals surface area contributed by atoms with E-state index in [1.54, 1.807) is 13.8 Å². The van der Waals surface area contributed by atoms with E-state index in [0.717, 1.165) is 0 Å². The average Bonchev–Trinajstić information content (AvgIpc) is 2.83. The molecule has 110 valence electrons. The summed E-state index contributed by atoms with van der Waals surface area (Å²) in [5, 5.41) is 0. The van der Waals surface area contributed by atoms with Crippen molar-refractivity contribution >= 4 is 0 Å². The van der Waals surface area contributed by atoms with Gasteiger partial charge in [0.15, 0.2) is 12.0 Å². The molecule has 8 nitrogen and oxygen atoms in total. The van der Waals surface area contributed by atoms with E-state index in [9.17, 15) is 9.59 Å². The molecule has 1 aromatic heterocycles. The molecule has 3 rings (SSSR count). The van der Waals surface area contributed by atoms with Crippen molar-refractivity contribution < 1.29 is 14.2 Å². The first-order chi connectivity index (χ1) is 9.41. The van der Waals surface area contributed by atoms with E-state index in [1.807, 2.05) is 0 Å². The van der Waals surface area contributed by atoms with E-state index in [4.69, 9.17) is 19.9 Å². The Morgan fingerprint density at radius 1 is 1.35 bits per heavy atom. The molecule has 1 aromatic rings. The third-order valence-electron chi connectivity index (χ3n) is 3.48. The SMILES string of the molecule is CC1(C)O[C@@H]2[C@H](O1)[C@H](n1ccc(=O)[nH]c1=O)O[C@@H]2CN. The molecule has 4 atom stereocenters. The molecule has 0 radical (unpaired) electrons. The molecule has 2 saturated heterocycles. The van der Waals surface area contributed by atoms with Crippen LogP contribution in [0.15, 0.2) is 21.9 Å². The molecule has 0 aromatic carbocycles. The van der Waals surface area contributed by atoms with Gasteiger partial charge in [-0.1, -0.05) is 0 Å². The molecule has 0 spiro atoms. The maximum Gasteiger partial charge on any atom is 0.330 e. The predicted octanol–water partition coefficient (Wildman–Crippen LogP) is -1.09. The average molecular weight is 283 g/mol. The second kappa shape index (κ2) is 4.52. The fourth-order valence-electron chi connectivity index (χ4n) is 2.70. The van der Waals surface area contributed by atoms with Crippen LogP contribution in [0.2, 0.25) is 0 Å². The van der Waals surface area contributed by atoms with Crippen molar-refractivity contribution in [2.45, 2.75) is 44.2 Å². The van der Waals surface area contributed by atoms with Gasteiger partial charge in [0.05, 0.1) is 0 Å². The third kappa shape index (κ3) is 2.10. The van der Waals surface area contributed by atoms with Crippen LogP contribution in [0.25, 0.3) is 0 Å². The van der Waals surface area contributed by atoms with Gasteiger partial charge in [-0.3, -0.25) is 14.3 Å². The van der Waals surface area contributed by atoms with Crippen LogP contribution >= 0.6 is 0 Å². The monoisotopic (exact) mass is 283 g/mol. The Labute approximate surface area is 114 Å². The van der Waals surface area contributed by atoms with Gasteiger partial charge < -0.3 is 19.9 Å². The highest BCUT2D eigenvalue weighted by Crippen LogP contribution is 2.42. The highest BCUT2D eigenvalue weighted by atomic mass is 16.8. The molecule has 2 fully saturated rings. The van der Waals surface area contributed by atoms with Crippen molar-refractivity contribution in [3.63, 3.8) is 0 Å². The van der Waals surface area contributed by atoms with Crippen LogP contribution in [0, 0.1) is 0 Å². The van der Waals surface area contributed by atoms with Crippen molar-refractivity contribution in [3.8, 4) is 0 Å². The van der Waals surface area contributed by atoms with Gasteiger partial charge in [0.2, 0.25) is 0 Å². The van der Waals surface area contributed by atoms with Gasteiger partial charge >= 0.3 is 5.69 Å². The number of fused-ring (bicyclic) bond motifs is 1. The predicted molar refractivity (Wildman–Crippen MR) is 68.1 cm³/mol. The van der Waals surface area contributed by atoms with Gasteiger partial charge in [-0.05, 0) is 13.8 Å². The fraction of sp³-hybridized carbons (Fsp3) is 0.667. The minimum atomic E-state index is -0.753. The maximum absolute atomic E-state index is 11.9. The second-order valence-electron chi connectivity index (χ2n) is 5.38. The normalized spacial score (nSPS) is 35.1. The van der Waals surface area contributed by atoms with E-state index in [1.165, 1.54) is 16.8 Å². The van der Waals surface area contributed by atoms with Gasteiger partial charge in [-0.25, -0.2) is 4.79 Å². The molecular formula is C12H17N3O5. The van der Waals surface area contributed by atoms with Crippen LogP contribution in [0.5, 0.6) is 0 Å². The number of ether oxygens (including phenoxy) is 3. The minimum Gasteiger partial charge on any atom is -0.348 e. The van der Waals surface area contributed by atoms with Crippen LogP contribution in [0.4, 0.5) is 0 Å². The van der Waals surface area contributed by atoms with Crippen molar-refractivity contribution in [3.05, 3.63) is 33.1 Å². The van der Waals surface area contributed by atoms with Crippen molar-refractivity contribution in [1.82, 2.24) is 9.55 Å². The maximum atomic E-state index is 11.9. The number of nitrogens with one attached hydrogen (secondary N) is 1. The largest absolute Gasteiger partial charge is 0.348 e. The first-order valence-electron chi connectivity index (χ1n) is 6.44. The van der Waals surface area contributed by atoms with E-state index >= 15 is 0 Å². The Kier molecular flexibility index (Phi) is 3.05. The molecule has 20 heavy (non-hydrogen) atoms. The van der Waals surface area contributed by atoms with Crippen LogP contribution in [-0.2, 0) is 14.2 Å². The molecule has 0 aliphatic carbocycles. The summed E-state index contributed by atoms with van der Waals surface area (Å²) in [7, 11) is 0. The lowest BCUT2D eigenvalue weighted by molar-refractivity contribution is -0.196. The first-order valence-corrected chi connectivity index (χ1v) is 6.44. The summed E-state index contributed by atoms with van der Waals surface area (Å²) in [6.07, 6.45) is -0.414. The zero-order valence-electron chi connectivity index (χ0n) is 11.2. The highest BCUT2D eigenvalue weighted by Gasteiger charge is 2.55. The Morgan fingerprint density at radius 2 is 2.05 bits per heavy atom. The Hall–Kier alpha value is -1.48. The van der Waals surface area contributed by atoms with Gasteiger partial charge in [-0.15, -0.1) is 0 Å². The summed E-state index contributed by atoms with van der Waals surface area (Å²) >= 11 is 0. The lowest BCUT2D eigenvalue weighted by Gasteiger charge is -2.24. The molecule has 0 unspecified atom stereocenters. The van der Waals surface area contributed by atoms with Crippen LogP contribution in [0.3, 0.4) is 0 Å². The molecule has 0 bridgehead atoms. The zero-order chi connectivity index (χ0) is 14.5. The number of hydrogen-bond donors (Lipinski definition) is 2. The number of aromatic nitrogens is 2. The van der Waals surface area contributed by atoms with Crippen molar-refractivity contribution in [2.24, 2.45) is 5.73 Å². The summed E-state index contributed by atoms with van der Waals surface area (Å²) in [6, 6.07) is 1.26. The topological polar surface area (TPSA) is 109 Å². The van der Waals surface area contributed by atoms with Gasteiger partial charge in [0.25, 0.3) is 5.56 Å². The third-order valence-corrected chi connectivity index (χ3v) is 3.48. The van der Waals surface area contributed by atoms with Gasteiger partial charge in [0, 0.05) is 18.8 Å². The fourth-order valence-corrected chi connectivity index (χ4v) is 2.70. The number of nitrogens with two attached hydrogens (primary N) is 1. The molecule has 0 amide bonds. The summed E-state index contributed by atoms with van der Waals surface area (Å²) in [5.41, 5.74) is 4.67. The lowest BCUT2D eigenvalue weighted by Crippen LogP contribution is -2.37. The molecule has 3 heterocycles. The number of nitrogens with zero attached hydrogens (tertiary/aromatic N) is 1. The Balaban J connectivity index is 1.98. The van der Waals surface area contributed by atoms with Crippen LogP contribution in [-0.4, -0.2) is 40.2 Å². The summed E-state index contributed by atoms with van der Waals surface area (Å²) in [4.78, 5) is 25.2. The minimum absolute atomic E-state index is 0.259. The van der Waals surface area contributed by atoms with Crippen LogP contribution < -0.4 is 17.0 Å². The van der Waals surface area contributed by atoms with E-state index in [0.29, 0.717) is 0 Å². The standard InChI is InChI=1S/C12H17N3O5/c1-12(2)19-8-6(5-13)18-10(9(8)20-12)15-4-3-7(16)14-11(15)17/h3-4,6,8-10H,5,13H2,1-2H3,(H,14,16,17)/t6-,8+,9+,10-/m1/s1. The van der Waals surface area contributed by atoms with E-state index < -0.39 is 29.4 Å². The molecule has 0 saturated carbocycles. The molecule has 2 aliphatic rings. The molecular weight excluding hydrogens is 266 g/mol. The lowest BCUT2D eigenvalue weighted by atomic mass is 10.1.